The Morgan fingerprint density at radius 3 is 2.95 bits per heavy atom. The molecule has 1 aliphatic heterocycles. The number of nitrogens with one attached hydrogen (secondary N) is 1. The SMILES string of the molecule is N#CC1CCCN(c2ccc(-c3cc[nH]c3)nn2)C1. The third-order valence-electron chi connectivity index (χ3n) is 3.47. The predicted octanol–water partition coefficient (Wildman–Crippen LogP) is 2.21. The predicted molar refractivity (Wildman–Crippen MR) is 72.4 cm³/mol. The van der Waals surface area contributed by atoms with Gasteiger partial charge in [0.15, 0.2) is 5.82 Å². The number of piperidine rings is 1. The second-order valence-corrected chi connectivity index (χ2v) is 4.79. The van der Waals surface area contributed by atoms with Crippen LogP contribution in [-0.4, -0.2) is 28.3 Å². The summed E-state index contributed by atoms with van der Waals surface area (Å²) in [5, 5.41) is 17.5. The average Bonchev–Trinajstić information content (AvgIpc) is 3.02. The smallest absolute Gasteiger partial charge is 0.151 e. The van der Waals surface area contributed by atoms with Crippen LogP contribution in [0.25, 0.3) is 11.3 Å². The molecule has 96 valence electrons. The van der Waals surface area contributed by atoms with Crippen LogP contribution in [0.15, 0.2) is 30.6 Å². The fourth-order valence-electron chi connectivity index (χ4n) is 2.42. The number of nitriles is 1. The normalized spacial score (nSPS) is 19.1. The van der Waals surface area contributed by atoms with Gasteiger partial charge in [-0.25, -0.2) is 0 Å². The Morgan fingerprint density at radius 1 is 1.32 bits per heavy atom. The number of aromatic amines is 1. The molecule has 0 saturated carbocycles. The molecule has 0 aromatic carbocycles. The van der Waals surface area contributed by atoms with E-state index in [1.54, 1.807) is 0 Å². The zero-order chi connectivity index (χ0) is 13.1. The number of rotatable bonds is 2. The zero-order valence-electron chi connectivity index (χ0n) is 10.6. The molecule has 2 aromatic rings. The van der Waals surface area contributed by atoms with Crippen molar-refractivity contribution < 1.29 is 0 Å². The molecule has 0 radical (unpaired) electrons. The first-order valence-corrected chi connectivity index (χ1v) is 6.48. The van der Waals surface area contributed by atoms with Gasteiger partial charge < -0.3 is 9.88 Å². The number of anilines is 1. The van der Waals surface area contributed by atoms with Gasteiger partial charge in [-0.3, -0.25) is 0 Å². The first kappa shape index (κ1) is 11.7. The molecular formula is C14H15N5. The van der Waals surface area contributed by atoms with Crippen molar-refractivity contribution in [1.29, 1.82) is 5.26 Å². The van der Waals surface area contributed by atoms with E-state index < -0.39 is 0 Å². The molecule has 1 unspecified atom stereocenters. The van der Waals surface area contributed by atoms with E-state index in [0.717, 1.165) is 43.0 Å². The first-order valence-electron chi connectivity index (χ1n) is 6.48. The summed E-state index contributed by atoms with van der Waals surface area (Å²) < 4.78 is 0. The molecule has 1 N–H and O–H groups in total. The lowest BCUT2D eigenvalue weighted by Gasteiger charge is -2.30. The lowest BCUT2D eigenvalue weighted by molar-refractivity contribution is 0.489. The summed E-state index contributed by atoms with van der Waals surface area (Å²) in [4.78, 5) is 5.15. The van der Waals surface area contributed by atoms with E-state index in [1.807, 2.05) is 30.6 Å². The van der Waals surface area contributed by atoms with Gasteiger partial charge in [0.25, 0.3) is 0 Å². The maximum absolute atomic E-state index is 9.01. The Hall–Kier alpha value is -2.35. The maximum atomic E-state index is 9.01. The van der Waals surface area contributed by atoms with Crippen LogP contribution in [0.3, 0.4) is 0 Å². The average molecular weight is 253 g/mol. The molecular weight excluding hydrogens is 238 g/mol. The van der Waals surface area contributed by atoms with Crippen LogP contribution in [0.1, 0.15) is 12.8 Å². The molecule has 1 atom stereocenters. The molecule has 3 rings (SSSR count). The summed E-state index contributed by atoms with van der Waals surface area (Å²) in [6.45, 7) is 1.71. The van der Waals surface area contributed by atoms with Crippen LogP contribution >= 0.6 is 0 Å². The largest absolute Gasteiger partial charge is 0.367 e. The van der Waals surface area contributed by atoms with Gasteiger partial charge in [0, 0.05) is 31.0 Å². The Kier molecular flexibility index (Phi) is 3.15. The van der Waals surface area contributed by atoms with Crippen molar-refractivity contribution in [2.24, 2.45) is 5.92 Å². The Morgan fingerprint density at radius 2 is 2.26 bits per heavy atom. The van der Waals surface area contributed by atoms with E-state index in [4.69, 9.17) is 5.26 Å². The molecule has 0 spiro atoms. The van der Waals surface area contributed by atoms with Crippen LogP contribution in [0.2, 0.25) is 0 Å². The molecule has 1 fully saturated rings. The highest BCUT2D eigenvalue weighted by Crippen LogP contribution is 2.22. The fourth-order valence-corrected chi connectivity index (χ4v) is 2.42. The van der Waals surface area contributed by atoms with Crippen molar-refractivity contribution in [2.75, 3.05) is 18.0 Å². The van der Waals surface area contributed by atoms with E-state index in [1.165, 1.54) is 0 Å². The molecule has 0 amide bonds. The van der Waals surface area contributed by atoms with Gasteiger partial charge in [-0.2, -0.15) is 5.26 Å². The molecule has 5 nitrogen and oxygen atoms in total. The van der Waals surface area contributed by atoms with Gasteiger partial charge in [0.05, 0.1) is 17.7 Å². The number of nitrogens with zero attached hydrogens (tertiary/aromatic N) is 4. The summed E-state index contributed by atoms with van der Waals surface area (Å²) in [6, 6.07) is 8.27. The number of hydrogen-bond acceptors (Lipinski definition) is 4. The lowest BCUT2D eigenvalue weighted by Crippen LogP contribution is -2.35. The lowest BCUT2D eigenvalue weighted by atomic mass is 10.00. The van der Waals surface area contributed by atoms with Crippen LogP contribution < -0.4 is 4.90 Å². The van der Waals surface area contributed by atoms with Crippen molar-refractivity contribution in [3.63, 3.8) is 0 Å². The van der Waals surface area contributed by atoms with E-state index in [0.29, 0.717) is 0 Å². The topological polar surface area (TPSA) is 68.6 Å². The van der Waals surface area contributed by atoms with Crippen LogP contribution in [-0.2, 0) is 0 Å². The van der Waals surface area contributed by atoms with Crippen molar-refractivity contribution in [2.45, 2.75) is 12.8 Å². The third-order valence-corrected chi connectivity index (χ3v) is 3.47. The minimum absolute atomic E-state index is 0.111. The van der Waals surface area contributed by atoms with Crippen molar-refractivity contribution in [3.8, 4) is 17.3 Å². The fraction of sp³-hybridized carbons (Fsp3) is 0.357. The van der Waals surface area contributed by atoms with E-state index in [2.05, 4.69) is 26.2 Å². The summed E-state index contributed by atoms with van der Waals surface area (Å²) in [5.41, 5.74) is 1.89. The summed E-state index contributed by atoms with van der Waals surface area (Å²) in [7, 11) is 0. The molecule has 0 aliphatic carbocycles. The molecule has 19 heavy (non-hydrogen) atoms. The van der Waals surface area contributed by atoms with Gasteiger partial charge >= 0.3 is 0 Å². The summed E-state index contributed by atoms with van der Waals surface area (Å²) in [5.74, 6) is 0.971. The first-order chi connectivity index (χ1) is 9.36. The molecule has 3 heterocycles. The Labute approximate surface area is 111 Å². The van der Waals surface area contributed by atoms with Crippen molar-refractivity contribution >= 4 is 5.82 Å². The highest BCUT2D eigenvalue weighted by atomic mass is 15.3. The van der Waals surface area contributed by atoms with Gasteiger partial charge in [0.2, 0.25) is 0 Å². The zero-order valence-corrected chi connectivity index (χ0v) is 10.6. The molecule has 0 bridgehead atoms. The van der Waals surface area contributed by atoms with Crippen LogP contribution in [0.4, 0.5) is 5.82 Å². The second kappa shape index (κ2) is 5.11. The standard InChI is InChI=1S/C14H15N5/c15-8-11-2-1-7-19(10-11)14-4-3-13(17-18-14)12-5-6-16-9-12/h3-6,9,11,16H,1-2,7,10H2. The quantitative estimate of drug-likeness (QED) is 0.891. The van der Waals surface area contributed by atoms with Gasteiger partial charge in [-0.05, 0) is 31.0 Å². The molecule has 1 aliphatic rings. The van der Waals surface area contributed by atoms with E-state index in [9.17, 15) is 0 Å². The van der Waals surface area contributed by atoms with E-state index >= 15 is 0 Å². The third kappa shape index (κ3) is 2.43. The monoisotopic (exact) mass is 253 g/mol. The van der Waals surface area contributed by atoms with Crippen molar-refractivity contribution in [3.05, 3.63) is 30.6 Å². The highest BCUT2D eigenvalue weighted by molar-refractivity contribution is 5.58. The number of aromatic nitrogens is 3. The molecule has 2 aromatic heterocycles. The van der Waals surface area contributed by atoms with E-state index in [-0.39, 0.29) is 5.92 Å². The second-order valence-electron chi connectivity index (χ2n) is 4.79. The summed E-state index contributed by atoms with van der Waals surface area (Å²) in [6.07, 6.45) is 5.80. The number of H-pyrrole nitrogens is 1. The highest BCUT2D eigenvalue weighted by Gasteiger charge is 2.20. The van der Waals surface area contributed by atoms with Gasteiger partial charge in [-0.15, -0.1) is 10.2 Å². The van der Waals surface area contributed by atoms with Crippen LogP contribution in [0, 0.1) is 17.2 Å². The summed E-state index contributed by atoms with van der Waals surface area (Å²) >= 11 is 0. The number of hydrogen-bond donors (Lipinski definition) is 1. The van der Waals surface area contributed by atoms with Gasteiger partial charge in [-0.1, -0.05) is 0 Å². The van der Waals surface area contributed by atoms with Crippen molar-refractivity contribution in [1.82, 2.24) is 15.2 Å². The maximum Gasteiger partial charge on any atom is 0.151 e. The molecule has 1 saturated heterocycles. The molecule has 5 heteroatoms. The Bertz CT molecular complexity index is 567. The minimum atomic E-state index is 0.111. The van der Waals surface area contributed by atoms with Crippen LogP contribution in [0.5, 0.6) is 0 Å². The Balaban J connectivity index is 1.77. The van der Waals surface area contributed by atoms with Gasteiger partial charge in [0.1, 0.15) is 0 Å². The minimum Gasteiger partial charge on any atom is -0.367 e.